The van der Waals surface area contributed by atoms with Gasteiger partial charge in [0, 0.05) is 17.2 Å². The molecule has 0 fully saturated rings. The predicted molar refractivity (Wildman–Crippen MR) is 115 cm³/mol. The zero-order valence-corrected chi connectivity index (χ0v) is 18.4. The van der Waals surface area contributed by atoms with Gasteiger partial charge >= 0.3 is 6.09 Å². The zero-order valence-electron chi connectivity index (χ0n) is 18.4. The fraction of sp³-hybridized carbons (Fsp3) is 0.333. The highest BCUT2D eigenvalue weighted by atomic mass is 19.1. The Morgan fingerprint density at radius 3 is 2.42 bits per heavy atom. The SMILES string of the molecule is Cc1cc([C@@H](C)NC(=O)OC(C)(C)C)c2oc(-c3ccc(F)cc3F)c(C)c(=O)c2c1. The number of ether oxygens (including phenoxy) is 1. The number of rotatable bonds is 3. The molecule has 0 unspecified atom stereocenters. The molecule has 0 radical (unpaired) electrons. The van der Waals surface area contributed by atoms with Crippen LogP contribution < -0.4 is 10.7 Å². The van der Waals surface area contributed by atoms with Crippen molar-refractivity contribution < 1.29 is 22.7 Å². The molecular formula is C24H25F2NO4. The summed E-state index contributed by atoms with van der Waals surface area (Å²) in [6, 6.07) is 5.98. The molecule has 1 atom stereocenters. The highest BCUT2D eigenvalue weighted by Crippen LogP contribution is 2.32. The van der Waals surface area contributed by atoms with Gasteiger partial charge in [-0.15, -0.1) is 0 Å². The van der Waals surface area contributed by atoms with Crippen LogP contribution in [0.4, 0.5) is 13.6 Å². The van der Waals surface area contributed by atoms with E-state index in [1.165, 1.54) is 13.0 Å². The minimum absolute atomic E-state index is 0.0165. The van der Waals surface area contributed by atoms with E-state index in [0.717, 1.165) is 17.7 Å². The lowest BCUT2D eigenvalue weighted by Gasteiger charge is -2.22. The molecule has 3 aromatic rings. The van der Waals surface area contributed by atoms with Gasteiger partial charge in [0.1, 0.15) is 28.6 Å². The van der Waals surface area contributed by atoms with Crippen LogP contribution in [0.2, 0.25) is 0 Å². The largest absolute Gasteiger partial charge is 0.455 e. The summed E-state index contributed by atoms with van der Waals surface area (Å²) in [4.78, 5) is 25.3. The van der Waals surface area contributed by atoms with E-state index in [1.807, 2.05) is 6.92 Å². The first-order valence-electron chi connectivity index (χ1n) is 9.90. The second kappa shape index (κ2) is 8.13. The molecule has 0 aliphatic rings. The normalized spacial score (nSPS) is 12.6. The Hall–Kier alpha value is -3.22. The number of carbonyl (C=O) groups excluding carboxylic acids is 1. The molecule has 0 saturated heterocycles. The van der Waals surface area contributed by atoms with E-state index in [4.69, 9.17) is 9.15 Å². The fourth-order valence-electron chi connectivity index (χ4n) is 3.38. The van der Waals surface area contributed by atoms with Gasteiger partial charge in [0.25, 0.3) is 0 Å². The summed E-state index contributed by atoms with van der Waals surface area (Å²) < 4.78 is 39.1. The average Bonchev–Trinajstić information content (AvgIpc) is 2.63. The molecule has 0 aliphatic carbocycles. The fourth-order valence-corrected chi connectivity index (χ4v) is 3.38. The van der Waals surface area contributed by atoms with Crippen LogP contribution in [0.25, 0.3) is 22.3 Å². The third-order valence-corrected chi connectivity index (χ3v) is 4.77. The maximum absolute atomic E-state index is 14.4. The number of aryl methyl sites for hydroxylation is 1. The Bertz CT molecular complexity index is 1220. The summed E-state index contributed by atoms with van der Waals surface area (Å²) in [5.74, 6) is -1.54. The van der Waals surface area contributed by atoms with Gasteiger partial charge < -0.3 is 14.5 Å². The van der Waals surface area contributed by atoms with Gasteiger partial charge in [-0.25, -0.2) is 13.6 Å². The van der Waals surface area contributed by atoms with Crippen LogP contribution in [0.1, 0.15) is 50.4 Å². The Morgan fingerprint density at radius 1 is 1.13 bits per heavy atom. The second-order valence-electron chi connectivity index (χ2n) is 8.61. The molecule has 1 amide bonds. The number of amides is 1. The summed E-state index contributed by atoms with van der Waals surface area (Å²) in [5.41, 5.74) is 0.766. The van der Waals surface area contributed by atoms with Crippen molar-refractivity contribution in [2.75, 3.05) is 0 Å². The summed E-state index contributed by atoms with van der Waals surface area (Å²) in [7, 11) is 0. The Labute approximate surface area is 179 Å². The van der Waals surface area contributed by atoms with Crippen molar-refractivity contribution in [2.24, 2.45) is 0 Å². The lowest BCUT2D eigenvalue weighted by Crippen LogP contribution is -2.34. The number of hydrogen-bond acceptors (Lipinski definition) is 4. The van der Waals surface area contributed by atoms with Crippen LogP contribution in [-0.4, -0.2) is 11.7 Å². The number of benzene rings is 2. The standard InChI is InChI=1S/C24H25F2NO4/c1-12-9-17(14(3)27-23(29)31-24(4,5)6)22-18(10-12)20(28)13(2)21(30-22)16-8-7-15(25)11-19(16)26/h7-11,14H,1-6H3,(H,27,29)/t14-/m1/s1. The minimum atomic E-state index is -0.834. The summed E-state index contributed by atoms with van der Waals surface area (Å²) in [6.45, 7) is 10.4. The minimum Gasteiger partial charge on any atom is -0.455 e. The lowest BCUT2D eigenvalue weighted by atomic mass is 9.99. The number of fused-ring (bicyclic) bond motifs is 1. The average molecular weight is 429 g/mol. The van der Waals surface area contributed by atoms with Gasteiger partial charge in [-0.2, -0.15) is 0 Å². The molecule has 0 aliphatic heterocycles. The number of alkyl carbamates (subject to hydrolysis) is 1. The quantitative estimate of drug-likeness (QED) is 0.559. The van der Waals surface area contributed by atoms with Crippen molar-refractivity contribution >= 4 is 17.1 Å². The molecule has 1 aromatic heterocycles. The number of hydrogen-bond donors (Lipinski definition) is 1. The van der Waals surface area contributed by atoms with Crippen molar-refractivity contribution in [3.05, 3.63) is 68.9 Å². The van der Waals surface area contributed by atoms with E-state index >= 15 is 0 Å². The van der Waals surface area contributed by atoms with Crippen molar-refractivity contribution in [3.63, 3.8) is 0 Å². The molecule has 7 heteroatoms. The van der Waals surface area contributed by atoms with Crippen molar-refractivity contribution in [3.8, 4) is 11.3 Å². The van der Waals surface area contributed by atoms with Gasteiger partial charge in [-0.3, -0.25) is 4.79 Å². The second-order valence-corrected chi connectivity index (χ2v) is 8.61. The molecule has 164 valence electrons. The summed E-state index contributed by atoms with van der Waals surface area (Å²) in [5, 5.41) is 3.05. The number of nitrogens with one attached hydrogen (secondary N) is 1. The molecule has 1 N–H and O–H groups in total. The summed E-state index contributed by atoms with van der Waals surface area (Å²) >= 11 is 0. The maximum Gasteiger partial charge on any atom is 0.408 e. The maximum atomic E-state index is 14.4. The van der Waals surface area contributed by atoms with Gasteiger partial charge in [0.05, 0.1) is 17.0 Å². The highest BCUT2D eigenvalue weighted by molar-refractivity contribution is 5.84. The first kappa shape index (κ1) is 22.5. The number of carbonyl (C=O) groups is 1. The van der Waals surface area contributed by atoms with Crippen LogP contribution in [0.15, 0.2) is 39.5 Å². The van der Waals surface area contributed by atoms with Crippen LogP contribution in [0.5, 0.6) is 0 Å². The monoisotopic (exact) mass is 429 g/mol. The van der Waals surface area contributed by atoms with Crippen molar-refractivity contribution in [1.82, 2.24) is 5.32 Å². The molecular weight excluding hydrogens is 404 g/mol. The molecule has 1 heterocycles. The van der Waals surface area contributed by atoms with Gasteiger partial charge in [0.2, 0.25) is 0 Å². The van der Waals surface area contributed by atoms with Crippen LogP contribution in [0, 0.1) is 25.5 Å². The molecule has 31 heavy (non-hydrogen) atoms. The molecule has 0 saturated carbocycles. The molecule has 2 aromatic carbocycles. The van der Waals surface area contributed by atoms with Gasteiger partial charge in [0.15, 0.2) is 5.43 Å². The Morgan fingerprint density at radius 2 is 1.81 bits per heavy atom. The summed E-state index contributed by atoms with van der Waals surface area (Å²) in [6.07, 6.45) is -0.617. The van der Waals surface area contributed by atoms with E-state index in [0.29, 0.717) is 10.9 Å². The van der Waals surface area contributed by atoms with E-state index in [-0.39, 0.29) is 27.9 Å². The molecule has 0 bridgehead atoms. The van der Waals surface area contributed by atoms with E-state index in [9.17, 15) is 18.4 Å². The van der Waals surface area contributed by atoms with Gasteiger partial charge in [-0.05, 0) is 65.3 Å². The first-order chi connectivity index (χ1) is 14.4. The Balaban J connectivity index is 2.18. The van der Waals surface area contributed by atoms with E-state index in [2.05, 4.69) is 5.32 Å². The van der Waals surface area contributed by atoms with Crippen LogP contribution in [-0.2, 0) is 4.74 Å². The first-order valence-corrected chi connectivity index (χ1v) is 9.90. The third-order valence-electron chi connectivity index (χ3n) is 4.77. The smallest absolute Gasteiger partial charge is 0.408 e. The Kier molecular flexibility index (Phi) is 5.89. The van der Waals surface area contributed by atoms with E-state index in [1.54, 1.807) is 39.8 Å². The van der Waals surface area contributed by atoms with E-state index < -0.39 is 29.4 Å². The lowest BCUT2D eigenvalue weighted by molar-refractivity contribution is 0.0508. The van der Waals surface area contributed by atoms with Gasteiger partial charge in [-0.1, -0.05) is 6.07 Å². The van der Waals surface area contributed by atoms with Crippen molar-refractivity contribution in [1.29, 1.82) is 0 Å². The molecule has 5 nitrogen and oxygen atoms in total. The van der Waals surface area contributed by atoms with Crippen LogP contribution >= 0.6 is 0 Å². The molecule has 3 rings (SSSR count). The molecule has 0 spiro atoms. The highest BCUT2D eigenvalue weighted by Gasteiger charge is 2.23. The topological polar surface area (TPSA) is 68.5 Å². The zero-order chi connectivity index (χ0) is 23.1. The number of halogens is 2. The van der Waals surface area contributed by atoms with Crippen LogP contribution in [0.3, 0.4) is 0 Å². The van der Waals surface area contributed by atoms with Crippen molar-refractivity contribution in [2.45, 2.75) is 53.2 Å². The third kappa shape index (κ3) is 4.76. The predicted octanol–water partition coefficient (Wildman–Crippen LogP) is 5.94.